The normalized spacial score (nSPS) is 28.3. The van der Waals surface area contributed by atoms with Gasteiger partial charge in [-0.3, -0.25) is 0 Å². The fraction of sp³-hybridized carbons (Fsp3) is 0.800. The molecule has 0 radical (unpaired) electrons. The van der Waals surface area contributed by atoms with E-state index in [-0.39, 0.29) is 12.5 Å². The molecule has 3 heterocycles. The van der Waals surface area contributed by atoms with Crippen LogP contribution in [0.3, 0.4) is 0 Å². The van der Waals surface area contributed by atoms with Crippen molar-refractivity contribution in [3.8, 4) is 0 Å². The van der Waals surface area contributed by atoms with Gasteiger partial charge >= 0.3 is 0 Å². The molecule has 2 unspecified atom stereocenters. The Balaban J connectivity index is 1.80. The molecule has 4 nitrogen and oxygen atoms in total. The van der Waals surface area contributed by atoms with Gasteiger partial charge in [-0.15, -0.1) is 0 Å². The van der Waals surface area contributed by atoms with Gasteiger partial charge in [0.05, 0.1) is 12.3 Å². The molecular formula is C15H25N3O. The number of aliphatic hydroxyl groups is 1. The first-order chi connectivity index (χ1) is 9.31. The third kappa shape index (κ3) is 2.56. The number of hydrogen-bond acceptors (Lipinski definition) is 3. The number of piperidine rings is 1. The topological polar surface area (TPSA) is 41.3 Å². The summed E-state index contributed by atoms with van der Waals surface area (Å²) >= 11 is 0. The van der Waals surface area contributed by atoms with E-state index in [1.807, 2.05) is 0 Å². The van der Waals surface area contributed by atoms with Crippen LogP contribution in [0.5, 0.6) is 0 Å². The summed E-state index contributed by atoms with van der Waals surface area (Å²) in [6, 6.07) is 0. The van der Waals surface area contributed by atoms with E-state index in [4.69, 9.17) is 4.98 Å². The van der Waals surface area contributed by atoms with E-state index in [0.29, 0.717) is 5.92 Å². The smallest absolute Gasteiger partial charge is 0.114 e. The minimum atomic E-state index is 0.238. The number of fused-ring (bicyclic) bond motifs is 1. The number of nitrogens with zero attached hydrogens (tertiary/aromatic N) is 3. The van der Waals surface area contributed by atoms with Crippen molar-refractivity contribution in [2.24, 2.45) is 0 Å². The van der Waals surface area contributed by atoms with Crippen molar-refractivity contribution >= 4 is 0 Å². The number of aryl methyl sites for hydroxylation is 1. The first kappa shape index (κ1) is 13.1. The first-order valence-electron chi connectivity index (χ1n) is 7.72. The van der Waals surface area contributed by atoms with Gasteiger partial charge in [-0.25, -0.2) is 4.98 Å². The van der Waals surface area contributed by atoms with E-state index in [2.05, 4.69) is 22.6 Å². The second kappa shape index (κ2) is 5.63. The average molecular weight is 263 g/mol. The highest BCUT2D eigenvalue weighted by molar-refractivity contribution is 5.15. The van der Waals surface area contributed by atoms with Crippen LogP contribution in [0.1, 0.15) is 56.0 Å². The van der Waals surface area contributed by atoms with Gasteiger partial charge in [0.1, 0.15) is 5.82 Å². The molecule has 1 N–H and O–H groups in total. The van der Waals surface area contributed by atoms with Crippen molar-refractivity contribution in [2.75, 3.05) is 26.2 Å². The minimum Gasteiger partial charge on any atom is -0.396 e. The summed E-state index contributed by atoms with van der Waals surface area (Å²) in [6.07, 6.45) is 7.04. The van der Waals surface area contributed by atoms with E-state index < -0.39 is 0 Å². The molecule has 0 spiro atoms. The van der Waals surface area contributed by atoms with Gasteiger partial charge in [-0.05, 0) is 38.8 Å². The Morgan fingerprint density at radius 3 is 2.95 bits per heavy atom. The Bertz CT molecular complexity index is 429. The molecular weight excluding hydrogens is 238 g/mol. The molecule has 0 saturated carbocycles. The lowest BCUT2D eigenvalue weighted by Gasteiger charge is -2.30. The number of imidazole rings is 1. The summed E-state index contributed by atoms with van der Waals surface area (Å²) in [5, 5.41) is 9.48. The van der Waals surface area contributed by atoms with Gasteiger partial charge in [0.15, 0.2) is 0 Å². The van der Waals surface area contributed by atoms with E-state index in [9.17, 15) is 5.11 Å². The van der Waals surface area contributed by atoms with Gasteiger partial charge in [-0.1, -0.05) is 6.92 Å². The van der Waals surface area contributed by atoms with Crippen LogP contribution in [0, 0.1) is 0 Å². The molecule has 106 valence electrons. The molecule has 19 heavy (non-hydrogen) atoms. The molecule has 0 aromatic carbocycles. The molecule has 2 atom stereocenters. The van der Waals surface area contributed by atoms with Crippen LogP contribution in [0.2, 0.25) is 0 Å². The van der Waals surface area contributed by atoms with Crippen LogP contribution >= 0.6 is 0 Å². The lowest BCUT2D eigenvalue weighted by Crippen LogP contribution is -2.34. The average Bonchev–Trinajstić information content (AvgIpc) is 2.91. The zero-order chi connectivity index (χ0) is 13.2. The summed E-state index contributed by atoms with van der Waals surface area (Å²) in [4.78, 5) is 7.40. The largest absolute Gasteiger partial charge is 0.396 e. The number of aromatic nitrogens is 2. The van der Waals surface area contributed by atoms with Gasteiger partial charge in [0.2, 0.25) is 0 Å². The van der Waals surface area contributed by atoms with E-state index in [0.717, 1.165) is 31.9 Å². The Hall–Kier alpha value is -0.870. The first-order valence-corrected chi connectivity index (χ1v) is 7.72. The highest BCUT2D eigenvalue weighted by Crippen LogP contribution is 2.31. The van der Waals surface area contributed by atoms with Gasteiger partial charge in [0.25, 0.3) is 0 Å². The van der Waals surface area contributed by atoms with Crippen LogP contribution in [-0.2, 0) is 6.54 Å². The number of hydrogen-bond donors (Lipinski definition) is 1. The molecule has 0 bridgehead atoms. The molecule has 2 aliphatic heterocycles. The molecule has 0 amide bonds. The monoisotopic (exact) mass is 263 g/mol. The third-order valence-corrected chi connectivity index (χ3v) is 4.73. The maximum atomic E-state index is 9.48. The van der Waals surface area contributed by atoms with Gasteiger partial charge in [0, 0.05) is 31.1 Å². The molecule has 4 heteroatoms. The van der Waals surface area contributed by atoms with E-state index in [1.54, 1.807) is 0 Å². The molecule has 2 aliphatic rings. The fourth-order valence-electron chi connectivity index (χ4n) is 3.55. The van der Waals surface area contributed by atoms with Crippen molar-refractivity contribution < 1.29 is 5.11 Å². The number of rotatable bonds is 3. The van der Waals surface area contributed by atoms with Crippen molar-refractivity contribution in [3.05, 3.63) is 17.7 Å². The lowest BCUT2D eigenvalue weighted by molar-refractivity contribution is 0.216. The molecule has 1 saturated heterocycles. The standard InChI is InChI=1S/C15H25N3O/c1-2-17-7-3-5-12(9-17)14-10-18-8-4-6-13(11-19)15(18)16-14/h10,12-13,19H,2-9,11H2,1H3. The highest BCUT2D eigenvalue weighted by atomic mass is 16.3. The molecule has 1 aromatic rings. The molecule has 1 fully saturated rings. The van der Waals surface area contributed by atoms with Crippen LogP contribution in [0.15, 0.2) is 6.20 Å². The van der Waals surface area contributed by atoms with Crippen molar-refractivity contribution in [1.29, 1.82) is 0 Å². The summed E-state index contributed by atoms with van der Waals surface area (Å²) in [6.45, 7) is 7.08. The van der Waals surface area contributed by atoms with E-state index >= 15 is 0 Å². The Morgan fingerprint density at radius 1 is 1.32 bits per heavy atom. The van der Waals surface area contributed by atoms with Gasteiger partial charge < -0.3 is 14.6 Å². The second-order valence-corrected chi connectivity index (χ2v) is 5.97. The predicted molar refractivity (Wildman–Crippen MR) is 75.4 cm³/mol. The number of likely N-dealkylation sites (tertiary alicyclic amines) is 1. The SMILES string of the molecule is CCN1CCCC(c2cn3c(n2)C(CO)CCC3)C1. The summed E-state index contributed by atoms with van der Waals surface area (Å²) < 4.78 is 2.28. The fourth-order valence-corrected chi connectivity index (χ4v) is 3.55. The molecule has 1 aromatic heterocycles. The predicted octanol–water partition coefficient (Wildman–Crippen LogP) is 1.95. The van der Waals surface area contributed by atoms with E-state index in [1.165, 1.54) is 31.5 Å². The van der Waals surface area contributed by atoms with Crippen LogP contribution in [-0.4, -0.2) is 45.8 Å². The second-order valence-electron chi connectivity index (χ2n) is 5.97. The zero-order valence-electron chi connectivity index (χ0n) is 11.9. The Morgan fingerprint density at radius 2 is 2.16 bits per heavy atom. The molecule has 3 rings (SSSR count). The number of aliphatic hydroxyl groups excluding tert-OH is 1. The maximum absolute atomic E-state index is 9.48. The lowest BCUT2D eigenvalue weighted by atomic mass is 9.95. The third-order valence-electron chi connectivity index (χ3n) is 4.73. The minimum absolute atomic E-state index is 0.238. The number of likely N-dealkylation sites (N-methyl/N-ethyl adjacent to an activating group) is 1. The zero-order valence-corrected chi connectivity index (χ0v) is 11.9. The van der Waals surface area contributed by atoms with Gasteiger partial charge in [-0.2, -0.15) is 0 Å². The summed E-state index contributed by atoms with van der Waals surface area (Å²) in [5.74, 6) is 1.97. The van der Waals surface area contributed by atoms with Crippen LogP contribution in [0.25, 0.3) is 0 Å². The summed E-state index contributed by atoms with van der Waals surface area (Å²) in [7, 11) is 0. The Labute approximate surface area is 115 Å². The molecule has 0 aliphatic carbocycles. The van der Waals surface area contributed by atoms with Crippen molar-refractivity contribution in [2.45, 2.75) is 51.0 Å². The maximum Gasteiger partial charge on any atom is 0.114 e. The van der Waals surface area contributed by atoms with Crippen molar-refractivity contribution in [3.63, 3.8) is 0 Å². The quantitative estimate of drug-likeness (QED) is 0.906. The Kier molecular flexibility index (Phi) is 3.89. The highest BCUT2D eigenvalue weighted by Gasteiger charge is 2.27. The summed E-state index contributed by atoms with van der Waals surface area (Å²) in [5.41, 5.74) is 1.26. The van der Waals surface area contributed by atoms with Crippen LogP contribution < -0.4 is 0 Å². The van der Waals surface area contributed by atoms with Crippen molar-refractivity contribution in [1.82, 2.24) is 14.5 Å². The van der Waals surface area contributed by atoms with Crippen LogP contribution in [0.4, 0.5) is 0 Å².